The quantitative estimate of drug-likeness (QED) is 0.0211. The van der Waals surface area contributed by atoms with Crippen LogP contribution in [0.1, 0.15) is 232 Å². The van der Waals surface area contributed by atoms with Gasteiger partial charge in [0.25, 0.3) is 6.29 Å². The highest BCUT2D eigenvalue weighted by Gasteiger charge is 2.25. The van der Waals surface area contributed by atoms with E-state index in [4.69, 9.17) is 18.9 Å². The minimum absolute atomic E-state index is 0.182. The number of unbranched alkanes of at least 4 members (excludes halogenated alkanes) is 26. The van der Waals surface area contributed by atoms with Crippen molar-refractivity contribution in [1.82, 2.24) is 0 Å². The van der Waals surface area contributed by atoms with E-state index in [0.29, 0.717) is 23.9 Å². The molecule has 9 heteroatoms. The second kappa shape index (κ2) is 47.7. The van der Waals surface area contributed by atoms with Gasteiger partial charge in [-0.25, -0.2) is 4.79 Å². The molecule has 0 spiro atoms. The molecule has 0 saturated heterocycles. The second-order valence-corrected chi connectivity index (χ2v) is 19.2. The minimum atomic E-state index is -1.52. The first-order chi connectivity index (χ1) is 31.6. The fraction of sp³-hybridized carbons (Fsp3) is 0.804. The Morgan fingerprint density at radius 2 is 0.877 bits per heavy atom. The van der Waals surface area contributed by atoms with Crippen LogP contribution in [-0.4, -0.2) is 87.4 Å². The van der Waals surface area contributed by atoms with Gasteiger partial charge in [-0.05, 0) is 51.4 Å². The van der Waals surface area contributed by atoms with Crippen molar-refractivity contribution < 1.29 is 42.9 Å². The molecule has 0 aliphatic carbocycles. The molecule has 0 aromatic rings. The Bertz CT molecular complexity index is 1210. The van der Waals surface area contributed by atoms with E-state index < -0.39 is 24.3 Å². The van der Waals surface area contributed by atoms with Crippen LogP contribution in [0.3, 0.4) is 0 Å². The molecule has 0 aromatic heterocycles. The monoisotopic (exact) mass is 917 g/mol. The summed E-state index contributed by atoms with van der Waals surface area (Å²) in [7, 11) is 5.95. The molecule has 0 rings (SSSR count). The number of likely N-dealkylation sites (N-methyl/N-ethyl adjacent to an activating group) is 1. The van der Waals surface area contributed by atoms with Crippen LogP contribution in [0.2, 0.25) is 0 Å². The van der Waals surface area contributed by atoms with Gasteiger partial charge in [-0.15, -0.1) is 0 Å². The summed E-state index contributed by atoms with van der Waals surface area (Å²) in [6, 6.07) is 0. The third-order valence-electron chi connectivity index (χ3n) is 11.6. The van der Waals surface area contributed by atoms with Crippen molar-refractivity contribution in [1.29, 1.82) is 0 Å². The van der Waals surface area contributed by atoms with E-state index in [0.717, 1.165) is 70.6 Å². The van der Waals surface area contributed by atoms with Crippen molar-refractivity contribution >= 4 is 17.9 Å². The molecule has 9 nitrogen and oxygen atoms in total. The zero-order valence-corrected chi connectivity index (χ0v) is 42.9. The van der Waals surface area contributed by atoms with Gasteiger partial charge >= 0.3 is 17.9 Å². The smallest absolute Gasteiger partial charge is 0.361 e. The summed E-state index contributed by atoms with van der Waals surface area (Å²) in [5.74, 6) is -2.03. The SMILES string of the molecule is CC/C=C\C/C=C\C/C=C\C/C=C\CCCCCCC(=O)OC(COC(=O)CCCCCCCCCCCCCCCCCCCCCCCCC)COC(OCC[N+](C)(C)C)C(=O)O. The first-order valence-electron chi connectivity index (χ1n) is 26.8. The van der Waals surface area contributed by atoms with Gasteiger partial charge in [0, 0.05) is 12.8 Å². The van der Waals surface area contributed by atoms with Gasteiger partial charge in [0.15, 0.2) is 6.10 Å². The molecule has 0 heterocycles. The number of esters is 2. The maximum Gasteiger partial charge on any atom is 0.361 e. The molecule has 378 valence electrons. The fourth-order valence-corrected chi connectivity index (χ4v) is 7.48. The van der Waals surface area contributed by atoms with Crippen molar-refractivity contribution in [2.75, 3.05) is 47.5 Å². The number of carbonyl (C=O) groups is 3. The fourth-order valence-electron chi connectivity index (χ4n) is 7.48. The maximum absolute atomic E-state index is 12.8. The predicted molar refractivity (Wildman–Crippen MR) is 272 cm³/mol. The topological polar surface area (TPSA) is 108 Å². The molecule has 0 aromatic carbocycles. The standard InChI is InChI=1S/C56H101NO8/c1-6-8-10-12-14-16-18-20-22-24-25-26-27-28-29-31-32-34-36-38-40-42-44-46-53(58)63-50-52(51-64-56(55(60)61)62-49-48-57(3,4)5)65-54(59)47-45-43-41-39-37-35-33-30-23-21-19-17-15-13-11-9-7-2/h9,11,15,17,21,23,33,35,52,56H,6-8,10,12-14,16,18-20,22,24-32,34,36-51H2,1-5H3/p+1/b11-9-,17-15-,23-21-,35-33-. The van der Waals surface area contributed by atoms with E-state index >= 15 is 0 Å². The number of allylic oxidation sites excluding steroid dienone is 8. The number of nitrogens with zero attached hydrogens (tertiary/aromatic N) is 1. The molecule has 65 heavy (non-hydrogen) atoms. The summed E-state index contributed by atoms with van der Waals surface area (Å²) >= 11 is 0. The Balaban J connectivity index is 4.29. The number of quaternary nitrogens is 1. The molecule has 2 atom stereocenters. The van der Waals surface area contributed by atoms with E-state index in [-0.39, 0.29) is 32.2 Å². The van der Waals surface area contributed by atoms with Gasteiger partial charge in [0.1, 0.15) is 13.2 Å². The summed E-state index contributed by atoms with van der Waals surface area (Å²) in [4.78, 5) is 37.3. The minimum Gasteiger partial charge on any atom is -0.477 e. The number of carboxylic acids is 1. The normalized spacial score (nSPS) is 13.2. The predicted octanol–water partition coefficient (Wildman–Crippen LogP) is 15.1. The van der Waals surface area contributed by atoms with Gasteiger partial charge in [0.2, 0.25) is 0 Å². The van der Waals surface area contributed by atoms with Crippen LogP contribution in [0.4, 0.5) is 0 Å². The summed E-state index contributed by atoms with van der Waals surface area (Å²) < 4.78 is 22.8. The highest BCUT2D eigenvalue weighted by atomic mass is 16.7. The average Bonchev–Trinajstić information content (AvgIpc) is 3.27. The van der Waals surface area contributed by atoms with E-state index in [1.54, 1.807) is 0 Å². The first kappa shape index (κ1) is 62.2. The first-order valence-corrected chi connectivity index (χ1v) is 26.8. The van der Waals surface area contributed by atoms with Crippen LogP contribution >= 0.6 is 0 Å². The molecular formula is C56H102NO8+. The number of ether oxygens (including phenoxy) is 4. The van der Waals surface area contributed by atoms with Gasteiger partial charge in [0.05, 0.1) is 34.4 Å². The molecule has 0 aliphatic rings. The zero-order valence-electron chi connectivity index (χ0n) is 42.9. The van der Waals surface area contributed by atoms with Crippen molar-refractivity contribution in [3.05, 3.63) is 48.6 Å². The average molecular weight is 917 g/mol. The molecule has 0 amide bonds. The second-order valence-electron chi connectivity index (χ2n) is 19.2. The van der Waals surface area contributed by atoms with Crippen LogP contribution in [-0.2, 0) is 33.3 Å². The van der Waals surface area contributed by atoms with Crippen LogP contribution in [0.5, 0.6) is 0 Å². The lowest BCUT2D eigenvalue weighted by Gasteiger charge is -2.25. The molecule has 0 radical (unpaired) electrons. The van der Waals surface area contributed by atoms with Crippen LogP contribution in [0.25, 0.3) is 0 Å². The van der Waals surface area contributed by atoms with Crippen LogP contribution in [0, 0.1) is 0 Å². The van der Waals surface area contributed by atoms with Gasteiger partial charge < -0.3 is 28.5 Å². The lowest BCUT2D eigenvalue weighted by atomic mass is 10.0. The third-order valence-corrected chi connectivity index (χ3v) is 11.6. The van der Waals surface area contributed by atoms with E-state index in [1.165, 1.54) is 128 Å². The van der Waals surface area contributed by atoms with Crippen molar-refractivity contribution in [2.45, 2.75) is 245 Å². The largest absolute Gasteiger partial charge is 0.477 e. The number of hydrogen-bond acceptors (Lipinski definition) is 7. The molecule has 2 unspecified atom stereocenters. The number of carbonyl (C=O) groups excluding carboxylic acids is 2. The molecule has 0 aliphatic heterocycles. The van der Waals surface area contributed by atoms with Gasteiger partial charge in [-0.3, -0.25) is 9.59 Å². The highest BCUT2D eigenvalue weighted by Crippen LogP contribution is 2.16. The Morgan fingerprint density at radius 1 is 0.477 bits per heavy atom. The van der Waals surface area contributed by atoms with E-state index in [2.05, 4.69) is 62.5 Å². The third kappa shape index (κ3) is 49.0. The van der Waals surface area contributed by atoms with E-state index in [1.807, 2.05) is 21.1 Å². The Labute approximate surface area is 400 Å². The van der Waals surface area contributed by atoms with Crippen molar-refractivity contribution in [2.24, 2.45) is 0 Å². The van der Waals surface area contributed by atoms with E-state index in [9.17, 15) is 19.5 Å². The number of hydrogen-bond donors (Lipinski definition) is 1. The summed E-state index contributed by atoms with van der Waals surface area (Å²) in [5.41, 5.74) is 0. The number of carboxylic acid groups (broad SMARTS) is 1. The molecule has 0 fully saturated rings. The lowest BCUT2D eigenvalue weighted by molar-refractivity contribution is -0.870. The maximum atomic E-state index is 12.8. The van der Waals surface area contributed by atoms with Crippen molar-refractivity contribution in [3.8, 4) is 0 Å². The van der Waals surface area contributed by atoms with Gasteiger partial charge in [-0.2, -0.15) is 0 Å². The zero-order chi connectivity index (χ0) is 47.7. The number of aliphatic carboxylic acids is 1. The summed E-state index contributed by atoms with van der Waals surface area (Å²) in [5, 5.41) is 9.67. The summed E-state index contributed by atoms with van der Waals surface area (Å²) in [6.45, 7) is 4.76. The Kier molecular flexibility index (Phi) is 45.7. The highest BCUT2D eigenvalue weighted by molar-refractivity contribution is 5.71. The number of rotatable bonds is 49. The molecule has 0 saturated carbocycles. The Morgan fingerprint density at radius 3 is 1.31 bits per heavy atom. The molecule has 1 N–H and O–H groups in total. The lowest BCUT2D eigenvalue weighted by Crippen LogP contribution is -2.40. The van der Waals surface area contributed by atoms with Crippen LogP contribution in [0.15, 0.2) is 48.6 Å². The van der Waals surface area contributed by atoms with Gasteiger partial charge in [-0.1, -0.05) is 217 Å². The van der Waals surface area contributed by atoms with Crippen LogP contribution < -0.4 is 0 Å². The molecular weight excluding hydrogens is 815 g/mol. The Hall–Kier alpha value is -2.75. The molecule has 0 bridgehead atoms. The summed E-state index contributed by atoms with van der Waals surface area (Å²) in [6.07, 6.45) is 54.7. The van der Waals surface area contributed by atoms with Crippen molar-refractivity contribution in [3.63, 3.8) is 0 Å².